The number of carboxylic acid groups (broad SMARTS) is 1. The molecular formula is C15H23NO3. The minimum Gasteiger partial charge on any atom is -0.481 e. The molecule has 0 spiro atoms. The van der Waals surface area contributed by atoms with Gasteiger partial charge in [0.25, 0.3) is 0 Å². The Kier molecular flexibility index (Phi) is 5.00. The topological polar surface area (TPSA) is 57.6 Å². The van der Waals surface area contributed by atoms with Crippen LogP contribution in [0.4, 0.5) is 0 Å². The molecule has 4 heteroatoms. The molecule has 2 atom stereocenters. The van der Waals surface area contributed by atoms with Gasteiger partial charge in [-0.1, -0.05) is 12.2 Å². The highest BCUT2D eigenvalue weighted by molar-refractivity contribution is 5.77. The van der Waals surface area contributed by atoms with Crippen LogP contribution in [0.25, 0.3) is 0 Å². The SMILES string of the molecule is O=C(O)CC[C@@H]1CCCCN1C(=O)C[C@H]1C=CCC1. The maximum absolute atomic E-state index is 12.4. The highest BCUT2D eigenvalue weighted by atomic mass is 16.4. The summed E-state index contributed by atoms with van der Waals surface area (Å²) < 4.78 is 0. The molecule has 1 amide bonds. The van der Waals surface area contributed by atoms with Crippen LogP contribution >= 0.6 is 0 Å². The van der Waals surface area contributed by atoms with E-state index in [-0.39, 0.29) is 18.4 Å². The van der Waals surface area contributed by atoms with Crippen molar-refractivity contribution >= 4 is 11.9 Å². The van der Waals surface area contributed by atoms with E-state index in [4.69, 9.17) is 5.11 Å². The number of likely N-dealkylation sites (tertiary alicyclic amines) is 1. The van der Waals surface area contributed by atoms with E-state index in [9.17, 15) is 9.59 Å². The molecule has 0 bridgehead atoms. The zero-order chi connectivity index (χ0) is 13.7. The van der Waals surface area contributed by atoms with Crippen LogP contribution in [-0.2, 0) is 9.59 Å². The number of carboxylic acids is 1. The second-order valence-corrected chi connectivity index (χ2v) is 5.64. The van der Waals surface area contributed by atoms with Crippen LogP contribution < -0.4 is 0 Å². The van der Waals surface area contributed by atoms with E-state index >= 15 is 0 Å². The third-order valence-corrected chi connectivity index (χ3v) is 4.19. The first kappa shape index (κ1) is 14.1. The highest BCUT2D eigenvalue weighted by Crippen LogP contribution is 2.26. The van der Waals surface area contributed by atoms with E-state index in [0.717, 1.165) is 38.6 Å². The van der Waals surface area contributed by atoms with Crippen molar-refractivity contribution in [1.29, 1.82) is 0 Å². The van der Waals surface area contributed by atoms with E-state index < -0.39 is 5.97 Å². The Bertz CT molecular complexity index is 364. The number of hydrogen-bond donors (Lipinski definition) is 1. The molecule has 1 N–H and O–H groups in total. The highest BCUT2D eigenvalue weighted by Gasteiger charge is 2.28. The summed E-state index contributed by atoms with van der Waals surface area (Å²) in [5.74, 6) is -0.155. The van der Waals surface area contributed by atoms with Crippen LogP contribution in [0, 0.1) is 5.92 Å². The Morgan fingerprint density at radius 3 is 2.79 bits per heavy atom. The van der Waals surface area contributed by atoms with Gasteiger partial charge in [0.15, 0.2) is 0 Å². The molecule has 0 aromatic heterocycles. The van der Waals surface area contributed by atoms with E-state index in [0.29, 0.717) is 18.8 Å². The number of piperidine rings is 1. The summed E-state index contributed by atoms with van der Waals surface area (Å²) in [6.07, 6.45) is 10.9. The van der Waals surface area contributed by atoms with Gasteiger partial charge >= 0.3 is 5.97 Å². The van der Waals surface area contributed by atoms with Gasteiger partial charge in [0.05, 0.1) is 0 Å². The average molecular weight is 265 g/mol. The fourth-order valence-electron chi connectivity index (χ4n) is 3.13. The van der Waals surface area contributed by atoms with Gasteiger partial charge in [-0.05, 0) is 44.4 Å². The van der Waals surface area contributed by atoms with Gasteiger partial charge in [0.2, 0.25) is 5.91 Å². The molecule has 2 rings (SSSR count). The molecule has 19 heavy (non-hydrogen) atoms. The third kappa shape index (κ3) is 4.08. The molecule has 0 aromatic rings. The molecular weight excluding hydrogens is 242 g/mol. The van der Waals surface area contributed by atoms with Gasteiger partial charge in [-0.15, -0.1) is 0 Å². The van der Waals surface area contributed by atoms with Crippen LogP contribution in [0.2, 0.25) is 0 Å². The van der Waals surface area contributed by atoms with Gasteiger partial charge in [-0.3, -0.25) is 9.59 Å². The molecule has 1 fully saturated rings. The predicted octanol–water partition coefficient (Wildman–Crippen LogP) is 2.59. The number of rotatable bonds is 5. The standard InChI is InChI=1S/C15H23NO3/c17-14(11-12-5-1-2-6-12)16-10-4-3-7-13(16)8-9-15(18)19/h1,5,12-13H,2-4,6-11H2,(H,18,19)/t12-,13-/m0/s1. The summed E-state index contributed by atoms with van der Waals surface area (Å²) in [7, 11) is 0. The number of aliphatic carboxylic acids is 1. The quantitative estimate of drug-likeness (QED) is 0.777. The van der Waals surface area contributed by atoms with E-state index in [1.165, 1.54) is 0 Å². The van der Waals surface area contributed by atoms with Crippen molar-refractivity contribution in [3.05, 3.63) is 12.2 Å². The first-order valence-corrected chi connectivity index (χ1v) is 7.34. The lowest BCUT2D eigenvalue weighted by Crippen LogP contribution is -2.44. The summed E-state index contributed by atoms with van der Waals surface area (Å²) in [5, 5.41) is 8.79. The van der Waals surface area contributed by atoms with E-state index in [1.54, 1.807) is 0 Å². The van der Waals surface area contributed by atoms with Gasteiger partial charge in [0, 0.05) is 25.4 Å². The summed E-state index contributed by atoms with van der Waals surface area (Å²) in [6.45, 7) is 0.805. The first-order chi connectivity index (χ1) is 9.16. The normalized spacial score (nSPS) is 26.6. The largest absolute Gasteiger partial charge is 0.481 e. The fourth-order valence-corrected chi connectivity index (χ4v) is 3.13. The first-order valence-electron chi connectivity index (χ1n) is 7.34. The number of amides is 1. The molecule has 1 saturated heterocycles. The maximum atomic E-state index is 12.4. The second-order valence-electron chi connectivity index (χ2n) is 5.64. The van der Waals surface area contributed by atoms with Crippen molar-refractivity contribution in [2.45, 2.75) is 57.4 Å². The summed E-state index contributed by atoms with van der Waals surface area (Å²) in [5.41, 5.74) is 0. The lowest BCUT2D eigenvalue weighted by molar-refractivity contribution is -0.140. The number of nitrogens with zero attached hydrogens (tertiary/aromatic N) is 1. The summed E-state index contributed by atoms with van der Waals surface area (Å²) in [4.78, 5) is 25.0. The smallest absolute Gasteiger partial charge is 0.303 e. The Morgan fingerprint density at radius 2 is 2.11 bits per heavy atom. The zero-order valence-electron chi connectivity index (χ0n) is 11.4. The van der Waals surface area contributed by atoms with Crippen LogP contribution in [0.1, 0.15) is 51.4 Å². The van der Waals surface area contributed by atoms with Crippen LogP contribution in [0.15, 0.2) is 12.2 Å². The molecule has 1 aliphatic heterocycles. The van der Waals surface area contributed by atoms with Gasteiger partial charge in [0.1, 0.15) is 0 Å². The summed E-state index contributed by atoms with van der Waals surface area (Å²) >= 11 is 0. The van der Waals surface area contributed by atoms with Crippen molar-refractivity contribution in [2.75, 3.05) is 6.54 Å². The Balaban J connectivity index is 1.88. The molecule has 0 aromatic carbocycles. The van der Waals surface area contributed by atoms with Crippen molar-refractivity contribution in [3.8, 4) is 0 Å². The molecule has 0 unspecified atom stereocenters. The zero-order valence-corrected chi connectivity index (χ0v) is 11.4. The number of allylic oxidation sites excluding steroid dienone is 2. The molecule has 4 nitrogen and oxygen atoms in total. The lowest BCUT2D eigenvalue weighted by atomic mass is 9.96. The molecule has 1 aliphatic carbocycles. The predicted molar refractivity (Wildman–Crippen MR) is 72.7 cm³/mol. The molecule has 0 radical (unpaired) electrons. The Morgan fingerprint density at radius 1 is 1.26 bits per heavy atom. The number of carbonyl (C=O) groups is 2. The van der Waals surface area contributed by atoms with E-state index in [2.05, 4.69) is 12.2 Å². The van der Waals surface area contributed by atoms with Gasteiger partial charge in [-0.2, -0.15) is 0 Å². The Hall–Kier alpha value is -1.32. The van der Waals surface area contributed by atoms with Gasteiger partial charge < -0.3 is 10.0 Å². The minimum atomic E-state index is -0.767. The summed E-state index contributed by atoms with van der Waals surface area (Å²) in [6, 6.07) is 0.141. The molecule has 0 saturated carbocycles. The monoisotopic (exact) mass is 265 g/mol. The van der Waals surface area contributed by atoms with E-state index in [1.807, 2.05) is 4.90 Å². The van der Waals surface area contributed by atoms with Crippen molar-refractivity contribution in [2.24, 2.45) is 5.92 Å². The molecule has 2 aliphatic rings. The van der Waals surface area contributed by atoms with Crippen molar-refractivity contribution < 1.29 is 14.7 Å². The van der Waals surface area contributed by atoms with Crippen LogP contribution in [-0.4, -0.2) is 34.5 Å². The van der Waals surface area contributed by atoms with Crippen molar-refractivity contribution in [1.82, 2.24) is 4.90 Å². The number of hydrogen-bond acceptors (Lipinski definition) is 2. The molecule has 1 heterocycles. The van der Waals surface area contributed by atoms with Crippen LogP contribution in [0.5, 0.6) is 0 Å². The van der Waals surface area contributed by atoms with Crippen LogP contribution in [0.3, 0.4) is 0 Å². The second kappa shape index (κ2) is 6.73. The third-order valence-electron chi connectivity index (χ3n) is 4.19. The minimum absolute atomic E-state index is 0.141. The van der Waals surface area contributed by atoms with Crippen molar-refractivity contribution in [3.63, 3.8) is 0 Å². The Labute approximate surface area is 114 Å². The average Bonchev–Trinajstić information content (AvgIpc) is 2.89. The lowest BCUT2D eigenvalue weighted by Gasteiger charge is -2.36. The maximum Gasteiger partial charge on any atom is 0.303 e. The fraction of sp³-hybridized carbons (Fsp3) is 0.733. The number of carbonyl (C=O) groups excluding carboxylic acids is 1. The van der Waals surface area contributed by atoms with Gasteiger partial charge in [-0.25, -0.2) is 0 Å². The molecule has 106 valence electrons.